The summed E-state index contributed by atoms with van der Waals surface area (Å²) in [7, 11) is 0. The summed E-state index contributed by atoms with van der Waals surface area (Å²) in [5.74, 6) is 0.748. The van der Waals surface area contributed by atoms with E-state index in [1.165, 1.54) is 32.1 Å². The van der Waals surface area contributed by atoms with Gasteiger partial charge in [-0.1, -0.05) is 58.1 Å². The summed E-state index contributed by atoms with van der Waals surface area (Å²) < 4.78 is 11.4. The fourth-order valence-corrected chi connectivity index (χ4v) is 6.92. The Hall–Kier alpha value is -4.07. The lowest BCUT2D eigenvalue weighted by Crippen LogP contribution is -2.22. The molecule has 2 saturated carbocycles. The molecule has 2 aliphatic rings. The van der Waals surface area contributed by atoms with Crippen molar-refractivity contribution in [2.45, 2.75) is 103 Å². The zero-order chi connectivity index (χ0) is 30.6. The highest BCUT2D eigenvalue weighted by Crippen LogP contribution is 2.42. The maximum Gasteiger partial charge on any atom is 0.340 e. The molecule has 2 fully saturated rings. The van der Waals surface area contributed by atoms with Gasteiger partial charge in [-0.05, 0) is 80.2 Å². The van der Waals surface area contributed by atoms with E-state index in [2.05, 4.69) is 24.1 Å². The van der Waals surface area contributed by atoms with Gasteiger partial charge in [-0.3, -0.25) is 4.79 Å². The minimum absolute atomic E-state index is 0.0137. The van der Waals surface area contributed by atoms with Crippen LogP contribution in [0.3, 0.4) is 0 Å². The summed E-state index contributed by atoms with van der Waals surface area (Å²) >= 11 is 0. The molecule has 6 rings (SSSR count). The molecule has 0 saturated heterocycles. The van der Waals surface area contributed by atoms with E-state index in [9.17, 15) is 14.7 Å². The van der Waals surface area contributed by atoms with Crippen molar-refractivity contribution in [1.82, 2.24) is 15.3 Å². The first kappa shape index (κ1) is 30.0. The van der Waals surface area contributed by atoms with Gasteiger partial charge in [0.1, 0.15) is 11.9 Å². The quantitative estimate of drug-likeness (QED) is 0.159. The Morgan fingerprint density at radius 3 is 2.45 bits per heavy atom. The molecule has 4 aromatic rings. The van der Waals surface area contributed by atoms with Crippen LogP contribution in [0.5, 0.6) is 5.88 Å². The van der Waals surface area contributed by atoms with Crippen LogP contribution in [0.1, 0.15) is 122 Å². The van der Waals surface area contributed by atoms with Crippen LogP contribution in [0.15, 0.2) is 47.1 Å². The summed E-state index contributed by atoms with van der Waals surface area (Å²) in [6.45, 7) is 4.41. The van der Waals surface area contributed by atoms with Crippen molar-refractivity contribution < 1.29 is 23.8 Å². The van der Waals surface area contributed by atoms with Gasteiger partial charge in [0, 0.05) is 16.8 Å². The zero-order valence-corrected chi connectivity index (χ0v) is 25.8. The summed E-state index contributed by atoms with van der Waals surface area (Å²) in [6, 6.07) is 10.8. The Morgan fingerprint density at radius 2 is 1.77 bits per heavy atom. The Balaban J connectivity index is 1.43. The summed E-state index contributed by atoms with van der Waals surface area (Å²) in [5.41, 5.74) is 4.49. The lowest BCUT2D eigenvalue weighted by atomic mass is 9.84. The molecule has 1 aromatic carbocycles. The number of furan rings is 1. The molecule has 0 bridgehead atoms. The molecule has 8 nitrogen and oxygen atoms in total. The normalized spacial score (nSPS) is 16.2. The molecular formula is C36H43N3O5. The monoisotopic (exact) mass is 597 g/mol. The van der Waals surface area contributed by atoms with Gasteiger partial charge in [-0.25, -0.2) is 9.78 Å². The van der Waals surface area contributed by atoms with Gasteiger partial charge >= 0.3 is 5.97 Å². The SMILES string of the molecule is CC(C)c1[nH]c(O)c2c(-c3ccc(C(=O)NCc4ccco4)cc3)c(C(=O)OC3CCCC3)c(CCC3CCCCC3)nc12. The van der Waals surface area contributed by atoms with Crippen molar-refractivity contribution in [2.75, 3.05) is 0 Å². The first-order chi connectivity index (χ1) is 21.4. The Kier molecular flexibility index (Phi) is 9.05. The number of H-pyrrole nitrogens is 1. The van der Waals surface area contributed by atoms with E-state index in [1.54, 1.807) is 24.5 Å². The Labute approximate surface area is 258 Å². The van der Waals surface area contributed by atoms with Gasteiger partial charge in [0.05, 0.1) is 35.0 Å². The third-order valence-corrected chi connectivity index (χ3v) is 9.33. The standard InChI is InChI=1S/C36H43N3O5/c1-22(2)32-33-31(35(41)39-32)29(24-15-17-25(18-16-24)34(40)37-21-27-13-8-20-43-27)30(36(42)44-26-11-6-7-12-26)28(38-33)19-14-23-9-4-3-5-10-23/h8,13,15-18,20,22-23,26,39,41H,3-7,9-12,14,19,21H2,1-2H3,(H,37,40). The third kappa shape index (κ3) is 6.40. The summed E-state index contributed by atoms with van der Waals surface area (Å²) in [5, 5.41) is 14.7. The number of fused-ring (bicyclic) bond motifs is 1. The van der Waals surface area contributed by atoms with Gasteiger partial charge in [-0.2, -0.15) is 0 Å². The number of nitrogens with one attached hydrogen (secondary N) is 2. The lowest BCUT2D eigenvalue weighted by molar-refractivity contribution is 0.0317. The van der Waals surface area contributed by atoms with Crippen molar-refractivity contribution in [3.05, 3.63) is 70.9 Å². The number of aromatic nitrogens is 2. The molecule has 0 spiro atoms. The van der Waals surface area contributed by atoms with Crippen LogP contribution in [-0.2, 0) is 17.7 Å². The molecule has 0 radical (unpaired) electrons. The van der Waals surface area contributed by atoms with Crippen LogP contribution in [-0.4, -0.2) is 33.1 Å². The second-order valence-electron chi connectivity index (χ2n) is 12.8. The van der Waals surface area contributed by atoms with Crippen molar-refractivity contribution in [3.63, 3.8) is 0 Å². The minimum atomic E-state index is -0.382. The number of hydrogen-bond acceptors (Lipinski definition) is 6. The van der Waals surface area contributed by atoms with Crippen molar-refractivity contribution in [3.8, 4) is 17.0 Å². The molecule has 44 heavy (non-hydrogen) atoms. The molecule has 2 aliphatic carbocycles. The highest BCUT2D eigenvalue weighted by atomic mass is 16.5. The third-order valence-electron chi connectivity index (χ3n) is 9.33. The molecule has 0 atom stereocenters. The smallest absolute Gasteiger partial charge is 0.340 e. The van der Waals surface area contributed by atoms with Crippen LogP contribution in [0.25, 0.3) is 22.0 Å². The van der Waals surface area contributed by atoms with E-state index in [4.69, 9.17) is 14.1 Å². The summed E-state index contributed by atoms with van der Waals surface area (Å²) in [4.78, 5) is 35.3. The molecule has 0 unspecified atom stereocenters. The average Bonchev–Trinajstić information content (AvgIpc) is 3.81. The van der Waals surface area contributed by atoms with Gasteiger partial charge < -0.3 is 24.6 Å². The fraction of sp³-hybridized carbons (Fsp3) is 0.472. The van der Waals surface area contributed by atoms with E-state index in [-0.39, 0.29) is 36.3 Å². The number of amides is 1. The van der Waals surface area contributed by atoms with E-state index >= 15 is 0 Å². The Bertz CT molecular complexity index is 1590. The van der Waals surface area contributed by atoms with Crippen LogP contribution in [0.4, 0.5) is 0 Å². The number of esters is 1. The number of pyridine rings is 1. The maximum absolute atomic E-state index is 14.1. The number of nitrogens with zero attached hydrogens (tertiary/aromatic N) is 1. The second-order valence-corrected chi connectivity index (χ2v) is 12.8. The lowest BCUT2D eigenvalue weighted by Gasteiger charge is -2.23. The van der Waals surface area contributed by atoms with E-state index < -0.39 is 0 Å². The average molecular weight is 598 g/mol. The second kappa shape index (κ2) is 13.3. The largest absolute Gasteiger partial charge is 0.494 e. The van der Waals surface area contributed by atoms with E-state index in [0.717, 1.165) is 49.1 Å². The molecule has 3 heterocycles. The number of carbonyl (C=O) groups is 2. The molecular weight excluding hydrogens is 554 g/mol. The number of aryl methyl sites for hydroxylation is 1. The molecule has 8 heteroatoms. The molecule has 232 valence electrons. The van der Waals surface area contributed by atoms with E-state index in [0.29, 0.717) is 45.7 Å². The Morgan fingerprint density at radius 1 is 1.05 bits per heavy atom. The van der Waals surface area contributed by atoms with Crippen LogP contribution in [0, 0.1) is 5.92 Å². The fourth-order valence-electron chi connectivity index (χ4n) is 6.92. The predicted molar refractivity (Wildman–Crippen MR) is 170 cm³/mol. The van der Waals surface area contributed by atoms with Crippen molar-refractivity contribution >= 4 is 22.8 Å². The minimum Gasteiger partial charge on any atom is -0.494 e. The van der Waals surface area contributed by atoms with Gasteiger partial charge in [0.15, 0.2) is 5.88 Å². The number of ether oxygens (including phenoxy) is 1. The number of aromatic amines is 1. The van der Waals surface area contributed by atoms with Crippen LogP contribution < -0.4 is 5.32 Å². The van der Waals surface area contributed by atoms with Gasteiger partial charge in [-0.15, -0.1) is 0 Å². The zero-order valence-electron chi connectivity index (χ0n) is 25.8. The van der Waals surface area contributed by atoms with Crippen LogP contribution >= 0.6 is 0 Å². The highest BCUT2D eigenvalue weighted by Gasteiger charge is 2.31. The number of hydrogen-bond donors (Lipinski definition) is 3. The summed E-state index contributed by atoms with van der Waals surface area (Å²) in [6.07, 6.45) is 13.1. The molecule has 3 aromatic heterocycles. The number of aromatic hydroxyl groups is 1. The highest BCUT2D eigenvalue weighted by molar-refractivity contribution is 6.10. The van der Waals surface area contributed by atoms with Gasteiger partial charge in [0.2, 0.25) is 0 Å². The predicted octanol–water partition coefficient (Wildman–Crippen LogP) is 8.19. The number of benzene rings is 1. The molecule has 3 N–H and O–H groups in total. The first-order valence-corrected chi connectivity index (χ1v) is 16.3. The van der Waals surface area contributed by atoms with Crippen molar-refractivity contribution in [2.24, 2.45) is 5.92 Å². The van der Waals surface area contributed by atoms with Crippen LogP contribution in [0.2, 0.25) is 0 Å². The van der Waals surface area contributed by atoms with E-state index in [1.807, 2.05) is 18.2 Å². The topological polar surface area (TPSA) is 117 Å². The molecule has 0 aliphatic heterocycles. The first-order valence-electron chi connectivity index (χ1n) is 16.3. The molecule has 1 amide bonds. The van der Waals surface area contributed by atoms with Gasteiger partial charge in [0.25, 0.3) is 5.91 Å². The number of carbonyl (C=O) groups excluding carboxylic acids is 2. The maximum atomic E-state index is 14.1. The number of rotatable bonds is 10. The van der Waals surface area contributed by atoms with Crippen molar-refractivity contribution in [1.29, 1.82) is 0 Å².